The Morgan fingerprint density at radius 2 is 2.10 bits per heavy atom. The first kappa shape index (κ1) is 10.4. The number of carbonyl (C=O) groups is 1. The van der Waals surface area contributed by atoms with Gasteiger partial charge in [-0.1, -0.05) is 31.9 Å². The van der Waals surface area contributed by atoms with Crippen LogP contribution in [0.2, 0.25) is 0 Å². The van der Waals surface area contributed by atoms with Crippen LogP contribution >= 0.6 is 31.9 Å². The fourth-order valence-electron chi connectivity index (χ4n) is 0.499. The molecule has 0 aromatic heterocycles. The summed E-state index contributed by atoms with van der Waals surface area (Å²) >= 11 is 6.55. The summed E-state index contributed by atoms with van der Waals surface area (Å²) < 4.78 is 0. The van der Waals surface area contributed by atoms with E-state index in [-0.39, 0.29) is 10.7 Å². The van der Waals surface area contributed by atoms with Gasteiger partial charge in [-0.3, -0.25) is 4.79 Å². The van der Waals surface area contributed by atoms with Crippen LogP contribution in [-0.4, -0.2) is 35.1 Å². The predicted molar refractivity (Wildman–Crippen MR) is 49.8 cm³/mol. The maximum absolute atomic E-state index is 11.1. The number of carbonyl (C=O) groups excluding carboxylic acids is 1. The maximum atomic E-state index is 11.1. The third-order valence-corrected chi connectivity index (χ3v) is 2.38. The molecule has 0 aliphatic carbocycles. The Labute approximate surface area is 78.2 Å². The number of hydrogen-bond acceptors (Lipinski definition) is 1. The molecule has 0 radical (unpaired) electrons. The summed E-state index contributed by atoms with van der Waals surface area (Å²) in [5, 5.41) is 0.850. The van der Waals surface area contributed by atoms with Crippen molar-refractivity contribution < 1.29 is 4.79 Å². The first-order chi connectivity index (χ1) is 4.59. The van der Waals surface area contributed by atoms with Gasteiger partial charge in [-0.2, -0.15) is 0 Å². The Morgan fingerprint density at radius 1 is 1.60 bits per heavy atom. The molecule has 10 heavy (non-hydrogen) atoms. The van der Waals surface area contributed by atoms with Crippen molar-refractivity contribution in [1.29, 1.82) is 0 Å². The van der Waals surface area contributed by atoms with E-state index in [1.54, 1.807) is 19.0 Å². The maximum Gasteiger partial charge on any atom is 0.235 e. The highest BCUT2D eigenvalue weighted by atomic mass is 79.9. The van der Waals surface area contributed by atoms with Crippen molar-refractivity contribution in [3.63, 3.8) is 0 Å². The van der Waals surface area contributed by atoms with Crippen molar-refractivity contribution >= 4 is 37.8 Å². The van der Waals surface area contributed by atoms with E-state index in [9.17, 15) is 4.79 Å². The van der Waals surface area contributed by atoms with Crippen molar-refractivity contribution in [2.75, 3.05) is 19.4 Å². The molecular formula is C6H11Br2NO. The summed E-state index contributed by atoms with van der Waals surface area (Å²) in [6.45, 7) is 0. The lowest BCUT2D eigenvalue weighted by Crippen LogP contribution is -2.30. The van der Waals surface area contributed by atoms with E-state index in [0.29, 0.717) is 0 Å². The SMILES string of the molecule is CN(C)C(=O)C(Br)CCBr. The van der Waals surface area contributed by atoms with E-state index in [4.69, 9.17) is 0 Å². The van der Waals surface area contributed by atoms with E-state index in [0.717, 1.165) is 11.8 Å². The van der Waals surface area contributed by atoms with Crippen LogP contribution in [0.1, 0.15) is 6.42 Å². The van der Waals surface area contributed by atoms with Gasteiger partial charge in [0.25, 0.3) is 0 Å². The molecule has 4 heteroatoms. The smallest absolute Gasteiger partial charge is 0.235 e. The lowest BCUT2D eigenvalue weighted by Gasteiger charge is -2.13. The zero-order valence-corrected chi connectivity index (χ0v) is 9.27. The Bertz CT molecular complexity index is 116. The minimum Gasteiger partial charge on any atom is -0.348 e. The predicted octanol–water partition coefficient (Wildman–Crippen LogP) is 1.62. The number of amides is 1. The summed E-state index contributed by atoms with van der Waals surface area (Å²) in [6.07, 6.45) is 0.830. The molecule has 0 heterocycles. The van der Waals surface area contributed by atoms with Crippen molar-refractivity contribution in [2.24, 2.45) is 0 Å². The second-order valence-corrected chi connectivity index (χ2v) is 4.08. The van der Waals surface area contributed by atoms with Crippen molar-refractivity contribution in [2.45, 2.75) is 11.2 Å². The molecule has 0 N–H and O–H groups in total. The van der Waals surface area contributed by atoms with E-state index in [2.05, 4.69) is 31.9 Å². The van der Waals surface area contributed by atoms with Crippen molar-refractivity contribution in [3.05, 3.63) is 0 Å². The van der Waals surface area contributed by atoms with Gasteiger partial charge in [-0.25, -0.2) is 0 Å². The van der Waals surface area contributed by atoms with Gasteiger partial charge < -0.3 is 4.90 Å². The molecule has 0 saturated heterocycles. The molecule has 0 fully saturated rings. The average molecular weight is 273 g/mol. The van der Waals surface area contributed by atoms with Gasteiger partial charge in [0.15, 0.2) is 0 Å². The van der Waals surface area contributed by atoms with Crippen LogP contribution in [0.5, 0.6) is 0 Å². The Balaban J connectivity index is 3.71. The summed E-state index contributed by atoms with van der Waals surface area (Å²) in [6, 6.07) is 0. The van der Waals surface area contributed by atoms with Gasteiger partial charge in [0.1, 0.15) is 0 Å². The van der Waals surface area contributed by atoms with Crippen LogP contribution in [0.15, 0.2) is 0 Å². The molecule has 0 saturated carbocycles. The van der Waals surface area contributed by atoms with E-state index in [1.807, 2.05) is 0 Å². The molecule has 0 aliphatic rings. The minimum atomic E-state index is -0.0399. The van der Waals surface area contributed by atoms with Gasteiger partial charge >= 0.3 is 0 Å². The fraction of sp³-hybridized carbons (Fsp3) is 0.833. The molecule has 0 aliphatic heterocycles. The van der Waals surface area contributed by atoms with Gasteiger partial charge in [0.05, 0.1) is 4.83 Å². The van der Waals surface area contributed by atoms with Crippen molar-refractivity contribution in [3.8, 4) is 0 Å². The van der Waals surface area contributed by atoms with Crippen LogP contribution in [0.25, 0.3) is 0 Å². The summed E-state index contributed by atoms with van der Waals surface area (Å²) in [5.74, 6) is 0.124. The van der Waals surface area contributed by atoms with E-state index in [1.165, 1.54) is 0 Å². The molecule has 0 aromatic carbocycles. The quantitative estimate of drug-likeness (QED) is 0.715. The Hall–Kier alpha value is 0.430. The standard InChI is InChI=1S/C6H11Br2NO/c1-9(2)6(10)5(8)3-4-7/h5H,3-4H2,1-2H3. The van der Waals surface area contributed by atoms with E-state index < -0.39 is 0 Å². The lowest BCUT2D eigenvalue weighted by molar-refractivity contribution is -0.127. The van der Waals surface area contributed by atoms with Crippen LogP contribution < -0.4 is 0 Å². The van der Waals surface area contributed by atoms with Crippen LogP contribution in [-0.2, 0) is 4.79 Å². The molecule has 0 spiro atoms. The highest BCUT2D eigenvalue weighted by Crippen LogP contribution is 2.08. The third-order valence-electron chi connectivity index (χ3n) is 1.07. The molecule has 1 amide bonds. The number of hydrogen-bond donors (Lipinski definition) is 0. The zero-order valence-electron chi connectivity index (χ0n) is 6.10. The second-order valence-electron chi connectivity index (χ2n) is 2.18. The highest BCUT2D eigenvalue weighted by Gasteiger charge is 2.14. The minimum absolute atomic E-state index is 0.0399. The molecule has 1 unspecified atom stereocenters. The fourth-order valence-corrected chi connectivity index (χ4v) is 2.21. The Morgan fingerprint density at radius 3 is 2.40 bits per heavy atom. The van der Waals surface area contributed by atoms with Crippen LogP contribution in [0.3, 0.4) is 0 Å². The lowest BCUT2D eigenvalue weighted by atomic mass is 10.3. The van der Waals surface area contributed by atoms with Crippen molar-refractivity contribution in [1.82, 2.24) is 4.90 Å². The second kappa shape index (κ2) is 5.13. The normalized spacial score (nSPS) is 12.8. The van der Waals surface area contributed by atoms with Gasteiger partial charge in [-0.05, 0) is 6.42 Å². The summed E-state index contributed by atoms with van der Waals surface area (Å²) in [5.41, 5.74) is 0. The Kier molecular flexibility index (Phi) is 5.35. The first-order valence-corrected chi connectivity index (χ1v) is 5.04. The summed E-state index contributed by atoms with van der Waals surface area (Å²) in [4.78, 5) is 12.6. The molecule has 0 aromatic rings. The van der Waals surface area contributed by atoms with E-state index >= 15 is 0 Å². The summed E-state index contributed by atoms with van der Waals surface area (Å²) in [7, 11) is 3.51. The molecule has 1 atom stereocenters. The largest absolute Gasteiger partial charge is 0.348 e. The molecule has 2 nitrogen and oxygen atoms in total. The molecule has 0 rings (SSSR count). The van der Waals surface area contributed by atoms with Crippen LogP contribution in [0, 0.1) is 0 Å². The highest BCUT2D eigenvalue weighted by molar-refractivity contribution is 9.10. The topological polar surface area (TPSA) is 20.3 Å². The number of alkyl halides is 2. The van der Waals surface area contributed by atoms with Gasteiger partial charge in [0, 0.05) is 19.4 Å². The third kappa shape index (κ3) is 3.56. The number of rotatable bonds is 3. The first-order valence-electron chi connectivity index (χ1n) is 3.00. The molecule has 60 valence electrons. The molecular weight excluding hydrogens is 262 g/mol. The van der Waals surface area contributed by atoms with Crippen LogP contribution in [0.4, 0.5) is 0 Å². The molecule has 0 bridgehead atoms. The monoisotopic (exact) mass is 271 g/mol. The van der Waals surface area contributed by atoms with Gasteiger partial charge in [0.2, 0.25) is 5.91 Å². The zero-order chi connectivity index (χ0) is 8.15. The van der Waals surface area contributed by atoms with Gasteiger partial charge in [-0.15, -0.1) is 0 Å². The number of nitrogens with zero attached hydrogens (tertiary/aromatic N) is 1. The number of halogens is 2. The average Bonchev–Trinajstić information content (AvgIpc) is 1.87.